The van der Waals surface area contributed by atoms with Gasteiger partial charge in [0.15, 0.2) is 0 Å². The van der Waals surface area contributed by atoms with Crippen molar-refractivity contribution in [1.29, 1.82) is 0 Å². The van der Waals surface area contributed by atoms with Crippen molar-refractivity contribution in [2.24, 2.45) is 5.92 Å². The zero-order chi connectivity index (χ0) is 14.4. The highest BCUT2D eigenvalue weighted by atomic mass is 16.3. The van der Waals surface area contributed by atoms with Crippen LogP contribution in [0.3, 0.4) is 0 Å². The molecule has 2 amide bonds. The van der Waals surface area contributed by atoms with Crippen LogP contribution >= 0.6 is 0 Å². The minimum absolute atomic E-state index is 0.0530. The fourth-order valence-electron chi connectivity index (χ4n) is 2.82. The Morgan fingerprint density at radius 2 is 2.10 bits per heavy atom. The number of hydrogen-bond acceptors (Lipinski definition) is 2. The Kier molecular flexibility index (Phi) is 5.41. The van der Waals surface area contributed by atoms with E-state index in [0.717, 1.165) is 12.0 Å². The molecule has 4 heteroatoms. The summed E-state index contributed by atoms with van der Waals surface area (Å²) in [5.74, 6) is 0.544. The van der Waals surface area contributed by atoms with Gasteiger partial charge in [0.2, 0.25) is 0 Å². The van der Waals surface area contributed by atoms with Crippen LogP contribution in [-0.2, 0) is 6.42 Å². The Bertz CT molecular complexity index is 422. The second-order valence-electron chi connectivity index (χ2n) is 5.70. The number of carbonyl (C=O) groups is 1. The van der Waals surface area contributed by atoms with Crippen LogP contribution in [0.25, 0.3) is 0 Å². The standard InChI is InChI=1S/C16H24N2O2/c1-12-6-5-9-15(12)18-16(20)17-14(11-19)10-13-7-3-2-4-8-13/h2-4,7-8,12,14-15,19H,5-6,9-11H2,1H3,(H2,17,18,20)/t12?,14-,15?/m0/s1. The molecule has 2 rings (SSSR count). The van der Waals surface area contributed by atoms with E-state index in [4.69, 9.17) is 0 Å². The molecule has 1 aliphatic rings. The van der Waals surface area contributed by atoms with Gasteiger partial charge in [-0.2, -0.15) is 0 Å². The maximum Gasteiger partial charge on any atom is 0.315 e. The maximum atomic E-state index is 12.0. The molecule has 20 heavy (non-hydrogen) atoms. The Balaban J connectivity index is 1.81. The second-order valence-corrected chi connectivity index (χ2v) is 5.70. The SMILES string of the molecule is CC1CCCC1NC(=O)N[C@H](CO)Cc1ccccc1. The van der Waals surface area contributed by atoms with E-state index in [1.165, 1.54) is 12.8 Å². The smallest absolute Gasteiger partial charge is 0.315 e. The number of carbonyl (C=O) groups excluding carboxylic acids is 1. The Morgan fingerprint density at radius 3 is 2.70 bits per heavy atom. The average molecular weight is 276 g/mol. The molecule has 2 unspecified atom stereocenters. The molecular weight excluding hydrogens is 252 g/mol. The van der Waals surface area contributed by atoms with Crippen molar-refractivity contribution in [3.8, 4) is 0 Å². The van der Waals surface area contributed by atoms with Gasteiger partial charge in [-0.25, -0.2) is 4.79 Å². The van der Waals surface area contributed by atoms with Crippen LogP contribution in [0.2, 0.25) is 0 Å². The maximum absolute atomic E-state index is 12.0. The minimum Gasteiger partial charge on any atom is -0.394 e. The Morgan fingerprint density at radius 1 is 1.35 bits per heavy atom. The predicted octanol–water partition coefficient (Wildman–Crippen LogP) is 2.08. The average Bonchev–Trinajstić information content (AvgIpc) is 2.84. The molecule has 0 spiro atoms. The molecular formula is C16H24N2O2. The van der Waals surface area contributed by atoms with Gasteiger partial charge in [0.25, 0.3) is 0 Å². The molecule has 3 N–H and O–H groups in total. The van der Waals surface area contributed by atoms with Gasteiger partial charge < -0.3 is 15.7 Å². The van der Waals surface area contributed by atoms with E-state index in [2.05, 4.69) is 17.6 Å². The summed E-state index contributed by atoms with van der Waals surface area (Å²) in [5.41, 5.74) is 1.11. The topological polar surface area (TPSA) is 61.4 Å². The lowest BCUT2D eigenvalue weighted by atomic mass is 10.1. The molecule has 0 heterocycles. The van der Waals surface area contributed by atoms with E-state index in [-0.39, 0.29) is 24.7 Å². The number of rotatable bonds is 5. The molecule has 110 valence electrons. The van der Waals surface area contributed by atoms with Gasteiger partial charge >= 0.3 is 6.03 Å². The number of aliphatic hydroxyl groups excluding tert-OH is 1. The molecule has 4 nitrogen and oxygen atoms in total. The van der Waals surface area contributed by atoms with Gasteiger partial charge in [-0.3, -0.25) is 0 Å². The quantitative estimate of drug-likeness (QED) is 0.771. The molecule has 3 atom stereocenters. The molecule has 1 aliphatic carbocycles. The molecule has 1 fully saturated rings. The lowest BCUT2D eigenvalue weighted by Crippen LogP contribution is -2.48. The number of hydrogen-bond donors (Lipinski definition) is 3. The largest absolute Gasteiger partial charge is 0.394 e. The Hall–Kier alpha value is -1.55. The number of urea groups is 1. The molecule has 0 aromatic heterocycles. The third-order valence-corrected chi connectivity index (χ3v) is 4.06. The molecule has 1 aromatic carbocycles. The third-order valence-electron chi connectivity index (χ3n) is 4.06. The van der Waals surface area contributed by atoms with Crippen molar-refractivity contribution < 1.29 is 9.90 Å². The van der Waals surface area contributed by atoms with Crippen LogP contribution in [0.5, 0.6) is 0 Å². The number of benzene rings is 1. The lowest BCUT2D eigenvalue weighted by Gasteiger charge is -2.21. The summed E-state index contributed by atoms with van der Waals surface area (Å²) in [5, 5.41) is 15.3. The highest BCUT2D eigenvalue weighted by molar-refractivity contribution is 5.74. The summed E-state index contributed by atoms with van der Waals surface area (Å²) in [7, 11) is 0. The van der Waals surface area contributed by atoms with Gasteiger partial charge in [0.05, 0.1) is 12.6 Å². The molecule has 0 radical (unpaired) electrons. The normalized spacial score (nSPS) is 23.3. The van der Waals surface area contributed by atoms with E-state index in [9.17, 15) is 9.90 Å². The van der Waals surface area contributed by atoms with Crippen LogP contribution in [0.15, 0.2) is 30.3 Å². The van der Waals surface area contributed by atoms with Crippen molar-refractivity contribution in [3.63, 3.8) is 0 Å². The number of aliphatic hydroxyl groups is 1. The first-order valence-corrected chi connectivity index (χ1v) is 7.41. The van der Waals surface area contributed by atoms with Crippen LogP contribution in [0, 0.1) is 5.92 Å². The summed E-state index contributed by atoms with van der Waals surface area (Å²) in [6.07, 6.45) is 4.06. The van der Waals surface area contributed by atoms with E-state index in [1.54, 1.807) is 0 Å². The first-order chi connectivity index (χ1) is 9.69. The first-order valence-electron chi connectivity index (χ1n) is 7.41. The van der Waals surface area contributed by atoms with Crippen molar-refractivity contribution >= 4 is 6.03 Å². The zero-order valence-electron chi connectivity index (χ0n) is 12.0. The fourth-order valence-corrected chi connectivity index (χ4v) is 2.82. The highest BCUT2D eigenvalue weighted by Crippen LogP contribution is 2.24. The van der Waals surface area contributed by atoms with Crippen molar-refractivity contribution in [1.82, 2.24) is 10.6 Å². The first kappa shape index (κ1) is 14.9. The fraction of sp³-hybridized carbons (Fsp3) is 0.562. The van der Waals surface area contributed by atoms with Gasteiger partial charge in [0.1, 0.15) is 0 Å². The van der Waals surface area contributed by atoms with Crippen molar-refractivity contribution in [2.45, 2.75) is 44.7 Å². The summed E-state index contributed by atoms with van der Waals surface area (Å²) in [4.78, 5) is 12.0. The zero-order valence-corrected chi connectivity index (χ0v) is 12.0. The van der Waals surface area contributed by atoms with Gasteiger partial charge in [-0.1, -0.05) is 43.7 Å². The molecule has 0 bridgehead atoms. The molecule has 1 saturated carbocycles. The van der Waals surface area contributed by atoms with Gasteiger partial charge in [-0.05, 0) is 30.7 Å². The second kappa shape index (κ2) is 7.29. The number of amides is 2. The van der Waals surface area contributed by atoms with Crippen LogP contribution in [0.4, 0.5) is 4.79 Å². The summed E-state index contributed by atoms with van der Waals surface area (Å²) in [6, 6.07) is 9.74. The summed E-state index contributed by atoms with van der Waals surface area (Å²) in [6.45, 7) is 2.12. The van der Waals surface area contributed by atoms with E-state index < -0.39 is 0 Å². The summed E-state index contributed by atoms with van der Waals surface area (Å²) < 4.78 is 0. The predicted molar refractivity (Wildman–Crippen MR) is 79.5 cm³/mol. The van der Waals surface area contributed by atoms with Gasteiger partial charge in [0, 0.05) is 6.04 Å². The van der Waals surface area contributed by atoms with Gasteiger partial charge in [-0.15, -0.1) is 0 Å². The van der Waals surface area contributed by atoms with Crippen molar-refractivity contribution in [2.75, 3.05) is 6.61 Å². The number of nitrogens with one attached hydrogen (secondary N) is 2. The minimum atomic E-state index is -0.242. The van der Waals surface area contributed by atoms with Crippen molar-refractivity contribution in [3.05, 3.63) is 35.9 Å². The Labute approximate surface area is 120 Å². The van der Waals surface area contributed by atoms with E-state index in [1.807, 2.05) is 30.3 Å². The van der Waals surface area contributed by atoms with Crippen LogP contribution in [-0.4, -0.2) is 29.8 Å². The highest BCUT2D eigenvalue weighted by Gasteiger charge is 2.25. The molecule has 0 saturated heterocycles. The molecule has 0 aliphatic heterocycles. The molecule has 1 aromatic rings. The third kappa shape index (κ3) is 4.23. The lowest BCUT2D eigenvalue weighted by molar-refractivity contribution is 0.211. The van der Waals surface area contributed by atoms with E-state index >= 15 is 0 Å². The summed E-state index contributed by atoms with van der Waals surface area (Å²) >= 11 is 0. The van der Waals surface area contributed by atoms with Crippen LogP contribution in [0.1, 0.15) is 31.7 Å². The van der Waals surface area contributed by atoms with E-state index in [0.29, 0.717) is 12.3 Å². The monoisotopic (exact) mass is 276 g/mol. The van der Waals surface area contributed by atoms with Crippen LogP contribution < -0.4 is 10.6 Å².